The fourth-order valence-electron chi connectivity index (χ4n) is 2.01. The van der Waals surface area contributed by atoms with Crippen LogP contribution in [-0.2, 0) is 11.5 Å². The number of aromatic nitrogens is 3. The van der Waals surface area contributed by atoms with Gasteiger partial charge in [0.1, 0.15) is 4.60 Å². The maximum atomic E-state index is 10.8. The topological polar surface area (TPSA) is 109 Å². The van der Waals surface area contributed by atoms with Gasteiger partial charge in [-0.25, -0.2) is 4.98 Å². The Hall–Kier alpha value is -1.72. The van der Waals surface area contributed by atoms with Gasteiger partial charge < -0.3 is 15.6 Å². The van der Waals surface area contributed by atoms with Gasteiger partial charge in [0.2, 0.25) is 0 Å². The summed E-state index contributed by atoms with van der Waals surface area (Å²) in [6.07, 6.45) is 4.39. The van der Waals surface area contributed by atoms with Crippen molar-refractivity contribution in [3.63, 3.8) is 0 Å². The minimum atomic E-state index is -0.453. The van der Waals surface area contributed by atoms with E-state index in [0.717, 1.165) is 45.2 Å². The third-order valence-corrected chi connectivity index (χ3v) is 5.91. The van der Waals surface area contributed by atoms with E-state index >= 15 is 0 Å². The summed E-state index contributed by atoms with van der Waals surface area (Å²) >= 11 is 6.82. The van der Waals surface area contributed by atoms with E-state index in [1.165, 1.54) is 0 Å². The van der Waals surface area contributed by atoms with E-state index in [1.807, 2.05) is 18.2 Å². The van der Waals surface area contributed by atoms with Crippen LogP contribution in [0.15, 0.2) is 47.3 Å². The smallest absolute Gasteiger partial charge is 0.274 e. The Morgan fingerprint density at radius 3 is 2.56 bits per heavy atom. The molecule has 146 valence electrons. The molecule has 27 heavy (non-hydrogen) atoms. The van der Waals surface area contributed by atoms with Gasteiger partial charge in [-0.15, -0.1) is 0 Å². The monoisotopic (exact) mass is 472 g/mol. The van der Waals surface area contributed by atoms with E-state index in [2.05, 4.69) is 41.5 Å². The van der Waals surface area contributed by atoms with E-state index in [-0.39, 0.29) is 0 Å². The van der Waals surface area contributed by atoms with E-state index < -0.39 is 4.92 Å². The van der Waals surface area contributed by atoms with Crippen LogP contribution >= 0.6 is 39.5 Å². The second-order valence-electron chi connectivity index (χ2n) is 5.28. The van der Waals surface area contributed by atoms with Crippen molar-refractivity contribution in [3.8, 4) is 0 Å². The molecule has 0 bridgehead atoms. The summed E-state index contributed by atoms with van der Waals surface area (Å²) in [6, 6.07) is 5.84. The van der Waals surface area contributed by atoms with Gasteiger partial charge in [-0.1, -0.05) is 6.07 Å². The number of pyridine rings is 1. The van der Waals surface area contributed by atoms with Crippen molar-refractivity contribution in [3.05, 3.63) is 68.8 Å². The van der Waals surface area contributed by atoms with Gasteiger partial charge in [-0.2, -0.15) is 23.5 Å². The molecule has 0 fully saturated rings. The molecule has 11 heteroatoms. The minimum absolute atomic E-state index is 0.432. The summed E-state index contributed by atoms with van der Waals surface area (Å²) in [4.78, 5) is 21.7. The van der Waals surface area contributed by atoms with E-state index in [1.54, 1.807) is 36.0 Å². The maximum absolute atomic E-state index is 10.8. The van der Waals surface area contributed by atoms with Crippen molar-refractivity contribution in [2.24, 2.45) is 0 Å². The first-order valence-electron chi connectivity index (χ1n) is 8.21. The van der Waals surface area contributed by atoms with Crippen LogP contribution in [0.25, 0.3) is 0 Å². The molecule has 0 aromatic carbocycles. The largest absolute Gasteiger partial charge is 0.366 e. The Morgan fingerprint density at radius 2 is 1.96 bits per heavy atom. The van der Waals surface area contributed by atoms with E-state index in [9.17, 15) is 10.1 Å². The standard InChI is InChI=1S/C16H21BrN6O2S2/c17-16-14(21-12-22-16)11-27-8-6-20-15(9-23(24)25)19-5-7-26-10-13-3-1-2-4-18-13/h1-4,9,12,19-20H,5-8,10-11H2,(H,21,22). The lowest BCUT2D eigenvalue weighted by atomic mass is 10.4. The summed E-state index contributed by atoms with van der Waals surface area (Å²) in [5, 5.41) is 16.9. The Bertz CT molecular complexity index is 729. The highest BCUT2D eigenvalue weighted by molar-refractivity contribution is 9.10. The number of thioether (sulfide) groups is 2. The number of hydrogen-bond donors (Lipinski definition) is 3. The number of halogens is 1. The van der Waals surface area contributed by atoms with Crippen molar-refractivity contribution < 1.29 is 4.92 Å². The van der Waals surface area contributed by atoms with Crippen LogP contribution in [0.5, 0.6) is 0 Å². The highest BCUT2D eigenvalue weighted by Gasteiger charge is 2.04. The minimum Gasteiger partial charge on any atom is -0.366 e. The average molecular weight is 473 g/mol. The normalized spacial score (nSPS) is 11.4. The molecule has 2 aromatic heterocycles. The summed E-state index contributed by atoms with van der Waals surface area (Å²) in [5.74, 6) is 3.70. The lowest BCUT2D eigenvalue weighted by molar-refractivity contribution is -0.404. The van der Waals surface area contributed by atoms with Gasteiger partial charge in [-0.3, -0.25) is 15.1 Å². The molecule has 0 saturated carbocycles. The van der Waals surface area contributed by atoms with Gasteiger partial charge >= 0.3 is 0 Å². The molecular formula is C16H21BrN6O2S2. The number of H-pyrrole nitrogens is 1. The van der Waals surface area contributed by atoms with Crippen LogP contribution in [0.2, 0.25) is 0 Å². The number of hydrogen-bond acceptors (Lipinski definition) is 8. The van der Waals surface area contributed by atoms with Gasteiger partial charge in [0.15, 0.2) is 5.82 Å². The van der Waals surface area contributed by atoms with Crippen molar-refractivity contribution in [1.82, 2.24) is 25.6 Å². The molecule has 0 aliphatic rings. The summed E-state index contributed by atoms with van der Waals surface area (Å²) in [7, 11) is 0. The molecule has 0 unspecified atom stereocenters. The fourth-order valence-corrected chi connectivity index (χ4v) is 4.14. The van der Waals surface area contributed by atoms with Crippen LogP contribution in [0.1, 0.15) is 11.4 Å². The Labute approximate surface area is 174 Å². The first-order chi connectivity index (χ1) is 13.1. The van der Waals surface area contributed by atoms with Crippen LogP contribution in [0.4, 0.5) is 0 Å². The van der Waals surface area contributed by atoms with Gasteiger partial charge in [0.05, 0.1) is 22.6 Å². The summed E-state index contributed by atoms with van der Waals surface area (Å²) in [5.41, 5.74) is 2.06. The zero-order valence-electron chi connectivity index (χ0n) is 14.6. The molecule has 0 amide bonds. The predicted octanol–water partition coefficient (Wildman–Crippen LogP) is 2.99. The molecular weight excluding hydrogens is 452 g/mol. The lowest BCUT2D eigenvalue weighted by Crippen LogP contribution is -2.30. The average Bonchev–Trinajstić information content (AvgIpc) is 3.06. The molecule has 2 rings (SSSR count). The molecule has 2 aromatic rings. The van der Waals surface area contributed by atoms with Crippen LogP contribution in [0, 0.1) is 10.1 Å². The molecule has 0 radical (unpaired) electrons. The molecule has 0 aliphatic carbocycles. The first-order valence-corrected chi connectivity index (χ1v) is 11.3. The Balaban J connectivity index is 1.61. The van der Waals surface area contributed by atoms with Crippen LogP contribution in [-0.4, -0.2) is 44.5 Å². The summed E-state index contributed by atoms with van der Waals surface area (Å²) in [6.45, 7) is 1.27. The quantitative estimate of drug-likeness (QED) is 0.232. The molecule has 3 N–H and O–H groups in total. The van der Waals surface area contributed by atoms with Crippen LogP contribution in [0.3, 0.4) is 0 Å². The van der Waals surface area contributed by atoms with Crippen LogP contribution < -0.4 is 10.6 Å². The molecule has 0 atom stereocenters. The number of rotatable bonds is 13. The molecule has 0 spiro atoms. The second-order valence-corrected chi connectivity index (χ2v) is 8.24. The van der Waals surface area contributed by atoms with Gasteiger partial charge in [-0.05, 0) is 28.1 Å². The van der Waals surface area contributed by atoms with Crippen molar-refractivity contribution in [2.75, 3.05) is 24.6 Å². The molecule has 0 saturated heterocycles. The molecule has 2 heterocycles. The first kappa shape index (κ1) is 21.6. The van der Waals surface area contributed by atoms with Gasteiger partial charge in [0, 0.05) is 42.3 Å². The highest BCUT2D eigenvalue weighted by atomic mass is 79.9. The SMILES string of the molecule is O=[N+]([O-])C=C(NCCSCc1ccccn1)NCCSCc1[nH]cnc1Br. The van der Waals surface area contributed by atoms with Gasteiger partial charge in [0.25, 0.3) is 6.20 Å². The van der Waals surface area contributed by atoms with Crippen molar-refractivity contribution in [1.29, 1.82) is 0 Å². The third kappa shape index (κ3) is 9.16. The highest BCUT2D eigenvalue weighted by Crippen LogP contribution is 2.17. The Morgan fingerprint density at radius 1 is 1.22 bits per heavy atom. The third-order valence-electron chi connectivity index (χ3n) is 3.25. The fraction of sp³-hybridized carbons (Fsp3) is 0.375. The van der Waals surface area contributed by atoms with Crippen molar-refractivity contribution >= 4 is 39.5 Å². The summed E-state index contributed by atoms with van der Waals surface area (Å²) < 4.78 is 0.821. The zero-order chi connectivity index (χ0) is 19.3. The number of nitrogens with zero attached hydrogens (tertiary/aromatic N) is 3. The zero-order valence-corrected chi connectivity index (χ0v) is 17.8. The number of nitrogens with one attached hydrogen (secondary N) is 3. The van der Waals surface area contributed by atoms with E-state index in [0.29, 0.717) is 18.9 Å². The second kappa shape index (κ2) is 12.6. The maximum Gasteiger partial charge on any atom is 0.274 e. The lowest BCUT2D eigenvalue weighted by Gasteiger charge is -2.11. The molecule has 0 aliphatic heterocycles. The predicted molar refractivity (Wildman–Crippen MR) is 114 cm³/mol. The molecule has 8 nitrogen and oxygen atoms in total. The number of nitro groups is 1. The van der Waals surface area contributed by atoms with Crippen molar-refractivity contribution in [2.45, 2.75) is 11.5 Å². The number of aromatic amines is 1. The Kier molecular flexibility index (Phi) is 10.1. The number of imidazole rings is 1. The van der Waals surface area contributed by atoms with E-state index in [4.69, 9.17) is 0 Å².